The van der Waals surface area contributed by atoms with Crippen LogP contribution in [0, 0.1) is 0 Å². The first-order valence-corrected chi connectivity index (χ1v) is 7.78. The average Bonchev–Trinajstić information content (AvgIpc) is 2.99. The number of hydrogen-bond acceptors (Lipinski definition) is 5. The van der Waals surface area contributed by atoms with Crippen molar-refractivity contribution in [2.75, 3.05) is 19.6 Å². The SMILES string of the molecule is CCCN(Cc1nc(C(C)(C)C)no1)CC1CCCN1. The Kier molecular flexibility index (Phi) is 5.16. The number of hydrogen-bond donors (Lipinski definition) is 1. The lowest BCUT2D eigenvalue weighted by molar-refractivity contribution is 0.209. The van der Waals surface area contributed by atoms with E-state index in [9.17, 15) is 0 Å². The van der Waals surface area contributed by atoms with Gasteiger partial charge in [0.1, 0.15) is 0 Å². The highest BCUT2D eigenvalue weighted by atomic mass is 16.5. The molecular formula is C15H28N4O. The van der Waals surface area contributed by atoms with Crippen molar-refractivity contribution >= 4 is 0 Å². The molecule has 1 unspecified atom stereocenters. The molecule has 2 rings (SSSR count). The third-order valence-corrected chi connectivity index (χ3v) is 3.68. The van der Waals surface area contributed by atoms with E-state index in [-0.39, 0.29) is 5.41 Å². The second-order valence-corrected chi connectivity index (χ2v) is 6.79. The second-order valence-electron chi connectivity index (χ2n) is 6.79. The molecule has 0 amide bonds. The van der Waals surface area contributed by atoms with Gasteiger partial charge in [0.25, 0.3) is 0 Å². The van der Waals surface area contributed by atoms with Gasteiger partial charge in [-0.1, -0.05) is 32.9 Å². The maximum atomic E-state index is 5.41. The molecule has 1 aromatic rings. The summed E-state index contributed by atoms with van der Waals surface area (Å²) < 4.78 is 5.41. The van der Waals surface area contributed by atoms with E-state index in [1.54, 1.807) is 0 Å². The van der Waals surface area contributed by atoms with Crippen molar-refractivity contribution in [1.29, 1.82) is 0 Å². The van der Waals surface area contributed by atoms with E-state index in [4.69, 9.17) is 4.52 Å². The fourth-order valence-corrected chi connectivity index (χ4v) is 2.59. The van der Waals surface area contributed by atoms with Crippen molar-refractivity contribution in [3.8, 4) is 0 Å². The van der Waals surface area contributed by atoms with Crippen molar-refractivity contribution in [3.63, 3.8) is 0 Å². The molecule has 2 heterocycles. The molecule has 0 aromatic carbocycles. The van der Waals surface area contributed by atoms with Gasteiger partial charge in [0.05, 0.1) is 6.54 Å². The van der Waals surface area contributed by atoms with Crippen LogP contribution in [0.25, 0.3) is 0 Å². The number of rotatable bonds is 6. The van der Waals surface area contributed by atoms with Gasteiger partial charge in [-0.3, -0.25) is 4.90 Å². The van der Waals surface area contributed by atoms with Crippen LogP contribution in [0.15, 0.2) is 4.52 Å². The highest BCUT2D eigenvalue weighted by molar-refractivity contribution is 5.00. The lowest BCUT2D eigenvalue weighted by Gasteiger charge is -2.23. The highest BCUT2D eigenvalue weighted by Crippen LogP contribution is 2.19. The fraction of sp³-hybridized carbons (Fsp3) is 0.867. The molecule has 0 aliphatic carbocycles. The lowest BCUT2D eigenvalue weighted by Crippen LogP contribution is -2.37. The van der Waals surface area contributed by atoms with Gasteiger partial charge in [-0.15, -0.1) is 0 Å². The van der Waals surface area contributed by atoms with Crippen molar-refractivity contribution in [2.45, 2.75) is 65.0 Å². The Morgan fingerprint density at radius 1 is 1.40 bits per heavy atom. The Bertz CT molecular complexity index is 404. The summed E-state index contributed by atoms with van der Waals surface area (Å²) in [4.78, 5) is 6.96. The van der Waals surface area contributed by atoms with E-state index in [0.29, 0.717) is 6.04 Å². The van der Waals surface area contributed by atoms with E-state index in [1.807, 2.05) is 0 Å². The Morgan fingerprint density at radius 2 is 2.20 bits per heavy atom. The van der Waals surface area contributed by atoms with Crippen molar-refractivity contribution in [3.05, 3.63) is 11.7 Å². The second kappa shape index (κ2) is 6.68. The maximum Gasteiger partial charge on any atom is 0.240 e. The van der Waals surface area contributed by atoms with E-state index in [2.05, 4.69) is 48.1 Å². The monoisotopic (exact) mass is 280 g/mol. The number of nitrogens with zero attached hydrogens (tertiary/aromatic N) is 3. The molecule has 1 aromatic heterocycles. The number of aromatic nitrogens is 2. The first-order chi connectivity index (χ1) is 9.49. The molecule has 1 atom stereocenters. The van der Waals surface area contributed by atoms with Crippen molar-refractivity contribution in [2.24, 2.45) is 0 Å². The van der Waals surface area contributed by atoms with Gasteiger partial charge in [-0.2, -0.15) is 4.98 Å². The minimum absolute atomic E-state index is 0.0512. The van der Waals surface area contributed by atoms with Crippen molar-refractivity contribution in [1.82, 2.24) is 20.4 Å². The predicted molar refractivity (Wildman–Crippen MR) is 79.6 cm³/mol. The zero-order valence-corrected chi connectivity index (χ0v) is 13.3. The van der Waals surface area contributed by atoms with Gasteiger partial charge >= 0.3 is 0 Å². The Hall–Kier alpha value is -0.940. The van der Waals surface area contributed by atoms with Crippen LogP contribution in [0.2, 0.25) is 0 Å². The molecule has 1 fully saturated rings. The summed E-state index contributed by atoms with van der Waals surface area (Å²) in [5, 5.41) is 7.66. The molecular weight excluding hydrogens is 252 g/mol. The van der Waals surface area contributed by atoms with E-state index < -0.39 is 0 Å². The van der Waals surface area contributed by atoms with Gasteiger partial charge in [0.15, 0.2) is 5.82 Å². The van der Waals surface area contributed by atoms with Gasteiger partial charge in [0, 0.05) is 18.0 Å². The molecule has 5 heteroatoms. The highest BCUT2D eigenvalue weighted by Gasteiger charge is 2.23. The minimum atomic E-state index is -0.0512. The summed E-state index contributed by atoms with van der Waals surface area (Å²) in [6.45, 7) is 12.6. The molecule has 1 aliphatic heterocycles. The zero-order valence-electron chi connectivity index (χ0n) is 13.3. The van der Waals surface area contributed by atoms with Crippen LogP contribution >= 0.6 is 0 Å². The van der Waals surface area contributed by atoms with Crippen LogP contribution in [0.5, 0.6) is 0 Å². The molecule has 1 aliphatic rings. The summed E-state index contributed by atoms with van der Waals surface area (Å²) in [7, 11) is 0. The molecule has 0 bridgehead atoms. The molecule has 5 nitrogen and oxygen atoms in total. The Labute approximate surface area is 122 Å². The summed E-state index contributed by atoms with van der Waals surface area (Å²) in [5.41, 5.74) is -0.0512. The third-order valence-electron chi connectivity index (χ3n) is 3.68. The standard InChI is InChI=1S/C15H28N4O/c1-5-9-19(10-12-7-6-8-16-12)11-13-17-14(18-20-13)15(2,3)4/h12,16H,5-11H2,1-4H3. The largest absolute Gasteiger partial charge is 0.338 e. The molecule has 0 saturated carbocycles. The van der Waals surface area contributed by atoms with E-state index in [1.165, 1.54) is 12.8 Å². The predicted octanol–water partition coefficient (Wildman–Crippen LogP) is 2.33. The molecule has 1 saturated heterocycles. The van der Waals surface area contributed by atoms with Crippen LogP contribution in [-0.4, -0.2) is 40.7 Å². The molecule has 114 valence electrons. The van der Waals surface area contributed by atoms with Gasteiger partial charge in [-0.05, 0) is 32.4 Å². The Morgan fingerprint density at radius 3 is 2.75 bits per heavy atom. The van der Waals surface area contributed by atoms with Crippen molar-refractivity contribution < 1.29 is 4.52 Å². The summed E-state index contributed by atoms with van der Waals surface area (Å²) in [6.07, 6.45) is 3.71. The summed E-state index contributed by atoms with van der Waals surface area (Å²) in [5.74, 6) is 1.53. The van der Waals surface area contributed by atoms with Gasteiger partial charge < -0.3 is 9.84 Å². The summed E-state index contributed by atoms with van der Waals surface area (Å²) in [6, 6.07) is 0.617. The van der Waals surface area contributed by atoms with E-state index >= 15 is 0 Å². The lowest BCUT2D eigenvalue weighted by atomic mass is 9.96. The smallest absolute Gasteiger partial charge is 0.240 e. The topological polar surface area (TPSA) is 54.2 Å². The quantitative estimate of drug-likeness (QED) is 0.866. The molecule has 20 heavy (non-hydrogen) atoms. The summed E-state index contributed by atoms with van der Waals surface area (Å²) >= 11 is 0. The number of nitrogens with one attached hydrogen (secondary N) is 1. The first kappa shape index (κ1) is 15.4. The zero-order chi connectivity index (χ0) is 14.6. The normalized spacial score (nSPS) is 19.9. The van der Waals surface area contributed by atoms with Gasteiger partial charge in [0.2, 0.25) is 5.89 Å². The molecule has 0 radical (unpaired) electrons. The van der Waals surface area contributed by atoms with Crippen LogP contribution in [0.4, 0.5) is 0 Å². The average molecular weight is 280 g/mol. The van der Waals surface area contributed by atoms with E-state index in [0.717, 1.165) is 44.3 Å². The third kappa shape index (κ3) is 4.28. The molecule has 0 spiro atoms. The van der Waals surface area contributed by atoms with Gasteiger partial charge in [-0.25, -0.2) is 0 Å². The fourth-order valence-electron chi connectivity index (χ4n) is 2.59. The maximum absolute atomic E-state index is 5.41. The molecule has 1 N–H and O–H groups in total. The first-order valence-electron chi connectivity index (χ1n) is 7.78. The van der Waals surface area contributed by atoms with Crippen LogP contribution in [-0.2, 0) is 12.0 Å². The minimum Gasteiger partial charge on any atom is -0.338 e. The van der Waals surface area contributed by atoms with Crippen LogP contribution in [0.3, 0.4) is 0 Å². The Balaban J connectivity index is 1.94. The van der Waals surface area contributed by atoms with Crippen LogP contribution in [0.1, 0.15) is 58.7 Å². The van der Waals surface area contributed by atoms with Crippen LogP contribution < -0.4 is 5.32 Å².